The zero-order valence-electron chi connectivity index (χ0n) is 8.77. The van der Waals surface area contributed by atoms with Gasteiger partial charge in [0, 0.05) is 12.1 Å². The lowest BCUT2D eigenvalue weighted by molar-refractivity contribution is -0.141. The fourth-order valence-electron chi connectivity index (χ4n) is 0.973. The second-order valence-corrected chi connectivity index (χ2v) is 5.16. The molecule has 0 saturated heterocycles. The van der Waals surface area contributed by atoms with Crippen LogP contribution in [0.4, 0.5) is 13.2 Å². The van der Waals surface area contributed by atoms with Crippen LogP contribution < -0.4 is 5.32 Å². The number of rotatable bonds is 2. The fourth-order valence-corrected chi connectivity index (χ4v) is 1.69. The average Bonchev–Trinajstić information content (AvgIpc) is 2.45. The minimum atomic E-state index is -4.35. The monoisotopic (exact) mass is 238 g/mol. The number of nitrogens with zero attached hydrogens (tertiary/aromatic N) is 1. The maximum Gasteiger partial charge on any atom is 0.434 e. The number of thiazole rings is 1. The van der Waals surface area contributed by atoms with Gasteiger partial charge in [0.25, 0.3) is 0 Å². The first kappa shape index (κ1) is 12.4. The number of alkyl halides is 3. The van der Waals surface area contributed by atoms with Gasteiger partial charge >= 0.3 is 6.18 Å². The topological polar surface area (TPSA) is 24.9 Å². The van der Waals surface area contributed by atoms with E-state index < -0.39 is 11.9 Å². The van der Waals surface area contributed by atoms with Gasteiger partial charge in [-0.05, 0) is 20.8 Å². The van der Waals surface area contributed by atoms with Crippen LogP contribution in [-0.4, -0.2) is 10.5 Å². The van der Waals surface area contributed by atoms with Crippen molar-refractivity contribution >= 4 is 11.3 Å². The lowest BCUT2D eigenvalue weighted by atomic mass is 10.1. The molecule has 0 saturated carbocycles. The summed E-state index contributed by atoms with van der Waals surface area (Å²) in [6.07, 6.45) is -4.35. The highest BCUT2D eigenvalue weighted by molar-refractivity contribution is 7.09. The second-order valence-electron chi connectivity index (χ2n) is 4.23. The van der Waals surface area contributed by atoms with E-state index >= 15 is 0 Å². The van der Waals surface area contributed by atoms with Crippen molar-refractivity contribution in [1.82, 2.24) is 10.3 Å². The molecule has 0 amide bonds. The Balaban J connectivity index is 2.75. The van der Waals surface area contributed by atoms with Gasteiger partial charge in [0.05, 0.1) is 10.4 Å². The molecular formula is C9H13F3N2S. The van der Waals surface area contributed by atoms with Gasteiger partial charge in [-0.15, -0.1) is 11.3 Å². The van der Waals surface area contributed by atoms with Crippen LogP contribution in [0, 0.1) is 0 Å². The molecule has 0 aliphatic carbocycles. The van der Waals surface area contributed by atoms with Gasteiger partial charge in [-0.2, -0.15) is 13.2 Å². The van der Waals surface area contributed by atoms with E-state index in [-0.39, 0.29) is 17.0 Å². The molecule has 0 bridgehead atoms. The fraction of sp³-hybridized carbons (Fsp3) is 0.667. The van der Waals surface area contributed by atoms with Gasteiger partial charge in [-0.1, -0.05) is 0 Å². The molecule has 2 nitrogen and oxygen atoms in total. The van der Waals surface area contributed by atoms with Crippen molar-refractivity contribution in [3.05, 3.63) is 16.1 Å². The number of aromatic nitrogens is 1. The molecule has 0 aromatic carbocycles. The zero-order chi connectivity index (χ0) is 11.7. The maximum atomic E-state index is 12.4. The molecule has 1 aromatic heterocycles. The Morgan fingerprint density at radius 2 is 1.93 bits per heavy atom. The zero-order valence-corrected chi connectivity index (χ0v) is 9.59. The summed E-state index contributed by atoms with van der Waals surface area (Å²) in [6, 6.07) is 0. The van der Waals surface area contributed by atoms with Crippen LogP contribution in [0.2, 0.25) is 0 Å². The summed E-state index contributed by atoms with van der Waals surface area (Å²) >= 11 is 1.02. The standard InChI is InChI=1S/C9H13F3N2S/c1-8(2,3)14-4-6-7(9(10,11)12)13-5-15-6/h5,14H,4H2,1-3H3. The van der Waals surface area contributed by atoms with Gasteiger partial charge in [-0.3, -0.25) is 0 Å². The second kappa shape index (κ2) is 4.09. The Morgan fingerprint density at radius 3 is 2.40 bits per heavy atom. The molecule has 6 heteroatoms. The van der Waals surface area contributed by atoms with E-state index in [1.807, 2.05) is 20.8 Å². The van der Waals surface area contributed by atoms with Crippen LogP contribution >= 0.6 is 11.3 Å². The molecule has 0 atom stereocenters. The minimum Gasteiger partial charge on any atom is -0.307 e. The quantitative estimate of drug-likeness (QED) is 0.856. The molecule has 0 aliphatic heterocycles. The largest absolute Gasteiger partial charge is 0.434 e. The third-order valence-corrected chi connectivity index (χ3v) is 2.52. The highest BCUT2D eigenvalue weighted by Crippen LogP contribution is 2.32. The van der Waals surface area contributed by atoms with Gasteiger partial charge in [-0.25, -0.2) is 4.98 Å². The third kappa shape index (κ3) is 3.79. The highest BCUT2D eigenvalue weighted by atomic mass is 32.1. The van der Waals surface area contributed by atoms with Gasteiger partial charge in [0.15, 0.2) is 5.69 Å². The van der Waals surface area contributed by atoms with E-state index in [1.165, 1.54) is 5.51 Å². The third-order valence-electron chi connectivity index (χ3n) is 1.69. The first-order valence-corrected chi connectivity index (χ1v) is 5.33. The lowest BCUT2D eigenvalue weighted by Gasteiger charge is -2.20. The smallest absolute Gasteiger partial charge is 0.307 e. The van der Waals surface area contributed by atoms with E-state index in [0.717, 1.165) is 11.3 Å². The van der Waals surface area contributed by atoms with Crippen molar-refractivity contribution in [3.63, 3.8) is 0 Å². The predicted molar refractivity (Wildman–Crippen MR) is 53.7 cm³/mol. The van der Waals surface area contributed by atoms with Crippen LogP contribution in [0.15, 0.2) is 5.51 Å². The van der Waals surface area contributed by atoms with Crippen LogP contribution in [-0.2, 0) is 12.7 Å². The van der Waals surface area contributed by atoms with Gasteiger partial charge in [0.1, 0.15) is 0 Å². The number of nitrogens with one attached hydrogen (secondary N) is 1. The van der Waals surface area contributed by atoms with Gasteiger partial charge in [0.2, 0.25) is 0 Å². The summed E-state index contributed by atoms with van der Waals surface area (Å²) in [5.74, 6) is 0. The van der Waals surface area contributed by atoms with Crippen molar-refractivity contribution in [3.8, 4) is 0 Å². The molecule has 1 heterocycles. The Labute approximate surface area is 90.5 Å². The molecule has 0 fully saturated rings. The Bertz CT molecular complexity index is 325. The van der Waals surface area contributed by atoms with Crippen molar-refractivity contribution < 1.29 is 13.2 Å². The van der Waals surface area contributed by atoms with Crippen molar-refractivity contribution in [2.45, 2.75) is 39.0 Å². The summed E-state index contributed by atoms with van der Waals surface area (Å²) in [7, 11) is 0. The van der Waals surface area contributed by atoms with Crippen LogP contribution in [0.1, 0.15) is 31.3 Å². The summed E-state index contributed by atoms with van der Waals surface area (Å²) < 4.78 is 37.3. The Kier molecular flexibility index (Phi) is 3.40. The molecule has 86 valence electrons. The molecule has 0 spiro atoms. The first-order valence-electron chi connectivity index (χ1n) is 4.45. The van der Waals surface area contributed by atoms with E-state index in [9.17, 15) is 13.2 Å². The van der Waals surface area contributed by atoms with E-state index in [4.69, 9.17) is 0 Å². The normalized spacial score (nSPS) is 13.2. The SMILES string of the molecule is CC(C)(C)NCc1scnc1C(F)(F)F. The van der Waals surface area contributed by atoms with Crippen molar-refractivity contribution in [2.75, 3.05) is 0 Å². The van der Waals surface area contributed by atoms with E-state index in [0.29, 0.717) is 0 Å². The van der Waals surface area contributed by atoms with Crippen molar-refractivity contribution in [2.24, 2.45) is 0 Å². The molecular weight excluding hydrogens is 225 g/mol. The molecule has 1 rings (SSSR count). The number of hydrogen-bond donors (Lipinski definition) is 1. The van der Waals surface area contributed by atoms with Gasteiger partial charge < -0.3 is 5.32 Å². The maximum absolute atomic E-state index is 12.4. The molecule has 15 heavy (non-hydrogen) atoms. The predicted octanol–water partition coefficient (Wildman–Crippen LogP) is 3.05. The Morgan fingerprint density at radius 1 is 1.33 bits per heavy atom. The van der Waals surface area contributed by atoms with E-state index in [2.05, 4.69) is 10.3 Å². The molecule has 0 unspecified atom stereocenters. The van der Waals surface area contributed by atoms with Crippen LogP contribution in [0.3, 0.4) is 0 Å². The average molecular weight is 238 g/mol. The molecule has 1 N–H and O–H groups in total. The highest BCUT2D eigenvalue weighted by Gasteiger charge is 2.36. The van der Waals surface area contributed by atoms with Crippen LogP contribution in [0.5, 0.6) is 0 Å². The minimum absolute atomic E-state index is 0.197. The molecule has 1 aromatic rings. The molecule has 0 aliphatic rings. The number of halogens is 3. The summed E-state index contributed by atoms with van der Waals surface area (Å²) in [5.41, 5.74) is 0.249. The number of hydrogen-bond acceptors (Lipinski definition) is 3. The summed E-state index contributed by atoms with van der Waals surface area (Å²) in [4.78, 5) is 3.58. The van der Waals surface area contributed by atoms with Crippen molar-refractivity contribution in [1.29, 1.82) is 0 Å². The summed E-state index contributed by atoms with van der Waals surface area (Å²) in [6.45, 7) is 5.91. The first-order chi connectivity index (χ1) is 6.70. The Hall–Kier alpha value is -0.620. The summed E-state index contributed by atoms with van der Waals surface area (Å²) in [5, 5.41) is 3.01. The van der Waals surface area contributed by atoms with Crippen LogP contribution in [0.25, 0.3) is 0 Å². The van der Waals surface area contributed by atoms with E-state index in [1.54, 1.807) is 0 Å². The lowest BCUT2D eigenvalue weighted by Crippen LogP contribution is -2.35. The molecule has 0 radical (unpaired) electrons.